The number of hydrogen-bond donors (Lipinski definition) is 2. The van der Waals surface area contributed by atoms with Crippen molar-refractivity contribution in [3.8, 4) is 0 Å². The molecule has 116 valence electrons. The Morgan fingerprint density at radius 3 is 2.95 bits per heavy atom. The summed E-state index contributed by atoms with van der Waals surface area (Å²) in [6, 6.07) is 6.83. The Balaban J connectivity index is 1.52. The minimum atomic E-state index is -0.207. The van der Waals surface area contributed by atoms with Crippen molar-refractivity contribution in [3.05, 3.63) is 30.1 Å². The van der Waals surface area contributed by atoms with Gasteiger partial charge in [-0.3, -0.25) is 4.79 Å². The van der Waals surface area contributed by atoms with Crippen LogP contribution in [0.1, 0.15) is 12.8 Å². The quantitative estimate of drug-likeness (QED) is 0.596. The second kappa shape index (κ2) is 9.33. The second-order valence-electron chi connectivity index (χ2n) is 4.94. The zero-order valence-corrected chi connectivity index (χ0v) is 13.6. The van der Waals surface area contributed by atoms with Gasteiger partial charge in [0.25, 0.3) is 0 Å². The molecule has 1 amide bonds. The number of rotatable bonds is 7. The Bertz CT molecular complexity index is 436. The van der Waals surface area contributed by atoms with Crippen LogP contribution < -0.4 is 10.6 Å². The summed E-state index contributed by atoms with van der Waals surface area (Å²) in [7, 11) is 0. The van der Waals surface area contributed by atoms with Gasteiger partial charge in [-0.1, -0.05) is 0 Å². The van der Waals surface area contributed by atoms with Crippen molar-refractivity contribution >= 4 is 29.4 Å². The normalized spacial score (nSPS) is 18.4. The molecule has 3 nitrogen and oxygen atoms in total. The second-order valence-corrected chi connectivity index (χ2v) is 7.25. The van der Waals surface area contributed by atoms with Crippen LogP contribution in [0.5, 0.6) is 0 Å². The van der Waals surface area contributed by atoms with E-state index in [1.165, 1.54) is 12.1 Å². The predicted octanol–water partition coefficient (Wildman–Crippen LogP) is 2.52. The number of nitrogens with one attached hydrogen (secondary N) is 2. The third-order valence-electron chi connectivity index (χ3n) is 3.16. The van der Waals surface area contributed by atoms with Crippen LogP contribution in [0, 0.1) is 5.82 Å². The molecule has 0 bridgehead atoms. The Morgan fingerprint density at radius 1 is 1.43 bits per heavy atom. The zero-order chi connectivity index (χ0) is 14.9. The van der Waals surface area contributed by atoms with Crippen molar-refractivity contribution in [1.82, 2.24) is 10.6 Å². The van der Waals surface area contributed by atoms with Gasteiger partial charge in [0.15, 0.2) is 0 Å². The molecule has 1 fully saturated rings. The van der Waals surface area contributed by atoms with Crippen LogP contribution in [0.2, 0.25) is 0 Å². The number of carbonyl (C=O) groups excluding carboxylic acids is 1. The van der Waals surface area contributed by atoms with Gasteiger partial charge in [-0.15, -0.1) is 11.8 Å². The van der Waals surface area contributed by atoms with E-state index in [-0.39, 0.29) is 11.7 Å². The van der Waals surface area contributed by atoms with Crippen molar-refractivity contribution in [1.29, 1.82) is 0 Å². The summed E-state index contributed by atoms with van der Waals surface area (Å²) in [6.07, 6.45) is 1.48. The molecule has 0 saturated carbocycles. The molecule has 6 heteroatoms. The molecule has 1 unspecified atom stereocenters. The molecule has 21 heavy (non-hydrogen) atoms. The van der Waals surface area contributed by atoms with E-state index >= 15 is 0 Å². The Kier molecular flexibility index (Phi) is 7.39. The largest absolute Gasteiger partial charge is 0.356 e. The Morgan fingerprint density at radius 2 is 2.24 bits per heavy atom. The first-order valence-corrected chi connectivity index (χ1v) is 9.34. The molecule has 0 spiro atoms. The van der Waals surface area contributed by atoms with Crippen molar-refractivity contribution in [2.45, 2.75) is 23.8 Å². The third-order valence-corrected chi connectivity index (χ3v) is 5.39. The van der Waals surface area contributed by atoms with Gasteiger partial charge in [-0.25, -0.2) is 4.39 Å². The molecular formula is C15H21FN2OS2. The van der Waals surface area contributed by atoms with Crippen LogP contribution >= 0.6 is 23.5 Å². The zero-order valence-electron chi connectivity index (χ0n) is 11.9. The van der Waals surface area contributed by atoms with E-state index in [1.54, 1.807) is 23.9 Å². The summed E-state index contributed by atoms with van der Waals surface area (Å²) in [5.74, 6) is 3.00. The number of halogens is 1. The minimum Gasteiger partial charge on any atom is -0.356 e. The minimum absolute atomic E-state index is 0.127. The first kappa shape index (κ1) is 16.6. The van der Waals surface area contributed by atoms with Crippen LogP contribution in [0.15, 0.2) is 29.2 Å². The Labute approximate surface area is 133 Å². The van der Waals surface area contributed by atoms with Gasteiger partial charge in [0, 0.05) is 42.0 Å². The SMILES string of the molecule is O=C(CC1CSCCN1)NCCCSc1ccc(F)cc1. The lowest BCUT2D eigenvalue weighted by molar-refractivity contribution is -0.121. The maximum absolute atomic E-state index is 12.7. The molecule has 1 aliphatic heterocycles. The van der Waals surface area contributed by atoms with Gasteiger partial charge in [0.1, 0.15) is 5.82 Å². The lowest BCUT2D eigenvalue weighted by atomic mass is 10.2. The first-order chi connectivity index (χ1) is 10.2. The Hall–Kier alpha value is -0.720. The highest BCUT2D eigenvalue weighted by atomic mass is 32.2. The van der Waals surface area contributed by atoms with E-state index in [0.29, 0.717) is 19.0 Å². The molecule has 1 saturated heterocycles. The highest BCUT2D eigenvalue weighted by Crippen LogP contribution is 2.18. The molecule has 0 aromatic heterocycles. The number of carbonyl (C=O) groups is 1. The van der Waals surface area contributed by atoms with E-state index in [9.17, 15) is 9.18 Å². The topological polar surface area (TPSA) is 41.1 Å². The smallest absolute Gasteiger partial charge is 0.221 e. The average molecular weight is 328 g/mol. The fourth-order valence-electron chi connectivity index (χ4n) is 2.07. The maximum atomic E-state index is 12.7. The fourth-order valence-corrected chi connectivity index (χ4v) is 3.87. The van der Waals surface area contributed by atoms with Crippen LogP contribution in [-0.2, 0) is 4.79 Å². The molecule has 1 atom stereocenters. The fraction of sp³-hybridized carbons (Fsp3) is 0.533. The van der Waals surface area contributed by atoms with Gasteiger partial charge in [-0.05, 0) is 36.4 Å². The number of amides is 1. The third kappa shape index (κ3) is 6.72. The molecule has 1 heterocycles. The van der Waals surface area contributed by atoms with Crippen LogP contribution in [0.3, 0.4) is 0 Å². The van der Waals surface area contributed by atoms with Gasteiger partial charge in [-0.2, -0.15) is 11.8 Å². The van der Waals surface area contributed by atoms with Crippen LogP contribution in [0.4, 0.5) is 4.39 Å². The summed E-state index contributed by atoms with van der Waals surface area (Å²) in [4.78, 5) is 12.8. The molecule has 1 aromatic rings. The summed E-state index contributed by atoms with van der Waals surface area (Å²) in [5, 5.41) is 6.33. The standard InChI is InChI=1S/C15H21FN2OS2/c16-12-2-4-14(5-3-12)21-8-1-6-18-15(19)10-13-11-20-9-7-17-13/h2-5,13,17H,1,6-11H2,(H,18,19). The summed E-state index contributed by atoms with van der Waals surface area (Å²) < 4.78 is 12.7. The molecule has 1 aromatic carbocycles. The highest BCUT2D eigenvalue weighted by molar-refractivity contribution is 7.99. The number of benzene rings is 1. The van der Waals surface area contributed by atoms with Crippen LogP contribution in [-0.4, -0.2) is 42.3 Å². The highest BCUT2D eigenvalue weighted by Gasteiger charge is 2.16. The van der Waals surface area contributed by atoms with E-state index in [1.807, 2.05) is 11.8 Å². The van der Waals surface area contributed by atoms with Crippen molar-refractivity contribution < 1.29 is 9.18 Å². The summed E-state index contributed by atoms with van der Waals surface area (Å²) in [5.41, 5.74) is 0. The van der Waals surface area contributed by atoms with Crippen molar-refractivity contribution in [2.24, 2.45) is 0 Å². The van der Waals surface area contributed by atoms with Crippen molar-refractivity contribution in [3.63, 3.8) is 0 Å². The molecule has 1 aliphatic rings. The molecule has 0 aliphatic carbocycles. The average Bonchev–Trinajstić information content (AvgIpc) is 2.50. The predicted molar refractivity (Wildman–Crippen MR) is 88.5 cm³/mol. The van der Waals surface area contributed by atoms with Crippen molar-refractivity contribution in [2.75, 3.05) is 30.3 Å². The van der Waals surface area contributed by atoms with E-state index in [0.717, 1.165) is 35.1 Å². The van der Waals surface area contributed by atoms with Gasteiger partial charge < -0.3 is 10.6 Å². The van der Waals surface area contributed by atoms with Gasteiger partial charge >= 0.3 is 0 Å². The number of thioether (sulfide) groups is 2. The monoisotopic (exact) mass is 328 g/mol. The summed E-state index contributed by atoms with van der Waals surface area (Å²) >= 11 is 3.59. The van der Waals surface area contributed by atoms with Gasteiger partial charge in [0.05, 0.1) is 0 Å². The van der Waals surface area contributed by atoms with Gasteiger partial charge in [0.2, 0.25) is 5.91 Å². The van der Waals surface area contributed by atoms with E-state index < -0.39 is 0 Å². The lowest BCUT2D eigenvalue weighted by Crippen LogP contribution is -2.41. The van der Waals surface area contributed by atoms with E-state index in [4.69, 9.17) is 0 Å². The van der Waals surface area contributed by atoms with Crippen LogP contribution in [0.25, 0.3) is 0 Å². The number of hydrogen-bond acceptors (Lipinski definition) is 4. The summed E-state index contributed by atoms with van der Waals surface area (Å²) in [6.45, 7) is 1.70. The molecule has 2 N–H and O–H groups in total. The maximum Gasteiger partial charge on any atom is 0.221 e. The molecule has 0 radical (unpaired) electrons. The van der Waals surface area contributed by atoms with E-state index in [2.05, 4.69) is 10.6 Å². The lowest BCUT2D eigenvalue weighted by Gasteiger charge is -2.22. The molecule has 2 rings (SSSR count). The first-order valence-electron chi connectivity index (χ1n) is 7.20. The molecular weight excluding hydrogens is 307 g/mol.